The highest BCUT2D eigenvalue weighted by atomic mass is 35.5. The van der Waals surface area contributed by atoms with Crippen LogP contribution in [0.3, 0.4) is 0 Å². The first-order chi connectivity index (χ1) is 9.99. The van der Waals surface area contributed by atoms with Crippen molar-refractivity contribution >= 4 is 11.6 Å². The van der Waals surface area contributed by atoms with Crippen LogP contribution in [0.5, 0.6) is 11.5 Å². The lowest BCUT2D eigenvalue weighted by Crippen LogP contribution is -2.25. The summed E-state index contributed by atoms with van der Waals surface area (Å²) in [5.41, 5.74) is -0.257. The van der Waals surface area contributed by atoms with E-state index >= 15 is 0 Å². The molecule has 0 bridgehead atoms. The Balaban J connectivity index is 2.44. The van der Waals surface area contributed by atoms with Crippen LogP contribution in [0.4, 0.5) is 0 Å². The van der Waals surface area contributed by atoms with Crippen molar-refractivity contribution in [3.05, 3.63) is 22.7 Å². The smallest absolute Gasteiger partial charge is 0.179 e. The van der Waals surface area contributed by atoms with Crippen molar-refractivity contribution in [3.63, 3.8) is 0 Å². The second kappa shape index (κ2) is 6.13. The molecule has 3 atom stereocenters. The van der Waals surface area contributed by atoms with Gasteiger partial charge in [-0.25, -0.2) is 0 Å². The molecule has 3 unspecified atom stereocenters. The molecule has 0 aromatic heterocycles. The molecule has 1 fully saturated rings. The third kappa shape index (κ3) is 2.68. The zero-order chi connectivity index (χ0) is 15.6. The molecule has 1 saturated carbocycles. The summed E-state index contributed by atoms with van der Waals surface area (Å²) in [6, 6.07) is 5.72. The number of aliphatic hydroxyl groups excluding tert-OH is 1. The Morgan fingerprint density at radius 2 is 2.14 bits per heavy atom. The van der Waals surface area contributed by atoms with E-state index in [1.165, 1.54) is 14.2 Å². The monoisotopic (exact) mass is 309 g/mol. The first-order valence-corrected chi connectivity index (χ1v) is 7.36. The zero-order valence-electron chi connectivity index (χ0n) is 12.5. The summed E-state index contributed by atoms with van der Waals surface area (Å²) in [7, 11) is 3.03. The van der Waals surface area contributed by atoms with Crippen LogP contribution in [0.25, 0.3) is 0 Å². The fraction of sp³-hybridized carbons (Fsp3) is 0.562. The first kappa shape index (κ1) is 15.9. The van der Waals surface area contributed by atoms with Gasteiger partial charge in [-0.05, 0) is 31.2 Å². The number of aliphatic hydroxyl groups is 1. The predicted molar refractivity (Wildman–Crippen MR) is 80.6 cm³/mol. The summed E-state index contributed by atoms with van der Waals surface area (Å²) in [6.45, 7) is 2.10. The number of ether oxygens (including phenoxy) is 2. The van der Waals surface area contributed by atoms with Gasteiger partial charge in [0.05, 0.1) is 36.8 Å². The molecule has 1 N–H and O–H groups in total. The van der Waals surface area contributed by atoms with Gasteiger partial charge in [0.2, 0.25) is 0 Å². The molecule has 4 nitrogen and oxygen atoms in total. The molecule has 1 aromatic rings. The molecule has 1 aromatic carbocycles. The topological polar surface area (TPSA) is 62.5 Å². The third-order valence-electron chi connectivity index (χ3n) is 4.35. The number of rotatable bonds is 4. The SMILES string of the molecule is COc1ccc(C(O)C2(C#N)CCC(C)C2)c(Cl)c1OC. The highest BCUT2D eigenvalue weighted by Crippen LogP contribution is 2.52. The van der Waals surface area contributed by atoms with Crippen LogP contribution in [0.2, 0.25) is 5.02 Å². The highest BCUT2D eigenvalue weighted by Gasteiger charge is 2.45. The maximum atomic E-state index is 10.7. The Bertz CT molecular complexity index is 569. The van der Waals surface area contributed by atoms with Gasteiger partial charge in [-0.1, -0.05) is 24.6 Å². The number of benzene rings is 1. The van der Waals surface area contributed by atoms with Crippen molar-refractivity contribution in [2.45, 2.75) is 32.3 Å². The molecular weight excluding hydrogens is 290 g/mol. The second-order valence-electron chi connectivity index (χ2n) is 5.72. The Morgan fingerprint density at radius 3 is 2.62 bits per heavy atom. The molecule has 1 aliphatic rings. The maximum Gasteiger partial charge on any atom is 0.179 e. The first-order valence-electron chi connectivity index (χ1n) is 6.98. The van der Waals surface area contributed by atoms with Crippen molar-refractivity contribution in [2.24, 2.45) is 11.3 Å². The minimum absolute atomic E-state index is 0.304. The molecule has 1 aliphatic carbocycles. The van der Waals surface area contributed by atoms with Gasteiger partial charge in [0.1, 0.15) is 0 Å². The van der Waals surface area contributed by atoms with Gasteiger partial charge in [0.25, 0.3) is 0 Å². The molecule has 0 spiro atoms. The average Bonchev–Trinajstić information content (AvgIpc) is 2.88. The van der Waals surface area contributed by atoms with Gasteiger partial charge in [-0.3, -0.25) is 0 Å². The summed E-state index contributed by atoms with van der Waals surface area (Å²) >= 11 is 6.35. The molecular formula is C16H20ClNO3. The standard InChI is InChI=1S/C16H20ClNO3/c1-10-6-7-16(8-10,9-18)15(19)11-4-5-12(20-2)14(21-3)13(11)17/h4-5,10,15,19H,6-8H2,1-3H3. The lowest BCUT2D eigenvalue weighted by molar-refractivity contribution is 0.0645. The van der Waals surface area contributed by atoms with E-state index in [2.05, 4.69) is 13.0 Å². The van der Waals surface area contributed by atoms with Crippen LogP contribution in [-0.4, -0.2) is 19.3 Å². The molecule has 0 radical (unpaired) electrons. The van der Waals surface area contributed by atoms with E-state index in [0.29, 0.717) is 40.8 Å². The van der Waals surface area contributed by atoms with Gasteiger partial charge in [0, 0.05) is 5.56 Å². The van der Waals surface area contributed by atoms with E-state index < -0.39 is 11.5 Å². The minimum Gasteiger partial charge on any atom is -0.493 e. The van der Waals surface area contributed by atoms with E-state index in [1.54, 1.807) is 12.1 Å². The molecule has 21 heavy (non-hydrogen) atoms. The van der Waals surface area contributed by atoms with E-state index in [9.17, 15) is 10.4 Å². The molecule has 5 heteroatoms. The molecule has 2 rings (SSSR count). The minimum atomic E-state index is -0.931. The van der Waals surface area contributed by atoms with Crippen molar-refractivity contribution in [3.8, 4) is 17.6 Å². The number of halogens is 1. The Labute approximate surface area is 130 Å². The number of hydrogen-bond acceptors (Lipinski definition) is 4. The number of hydrogen-bond donors (Lipinski definition) is 1. The van der Waals surface area contributed by atoms with Gasteiger partial charge >= 0.3 is 0 Å². The Kier molecular flexibility index (Phi) is 4.65. The maximum absolute atomic E-state index is 10.7. The Morgan fingerprint density at radius 1 is 1.43 bits per heavy atom. The van der Waals surface area contributed by atoms with Gasteiger partial charge in [-0.2, -0.15) is 5.26 Å². The lowest BCUT2D eigenvalue weighted by Gasteiger charge is -2.28. The normalized spacial score (nSPS) is 26.2. The molecule has 114 valence electrons. The number of nitrogens with zero attached hydrogens (tertiary/aromatic N) is 1. The second-order valence-corrected chi connectivity index (χ2v) is 6.10. The van der Waals surface area contributed by atoms with Crippen LogP contribution < -0.4 is 9.47 Å². The number of nitriles is 1. The van der Waals surface area contributed by atoms with Crippen LogP contribution >= 0.6 is 11.6 Å². The van der Waals surface area contributed by atoms with Crippen LogP contribution in [0.1, 0.15) is 37.9 Å². The van der Waals surface area contributed by atoms with E-state index in [4.69, 9.17) is 21.1 Å². The van der Waals surface area contributed by atoms with Crippen LogP contribution in [0, 0.1) is 22.7 Å². The van der Waals surface area contributed by atoms with E-state index in [1.807, 2.05) is 0 Å². The Hall–Kier alpha value is -1.44. The summed E-state index contributed by atoms with van der Waals surface area (Å²) in [6.07, 6.45) is 1.36. The summed E-state index contributed by atoms with van der Waals surface area (Å²) in [5, 5.41) is 20.6. The van der Waals surface area contributed by atoms with Crippen molar-refractivity contribution in [1.29, 1.82) is 5.26 Å². The number of methoxy groups -OCH3 is 2. The fourth-order valence-electron chi connectivity index (χ4n) is 3.15. The molecule has 0 aliphatic heterocycles. The molecule has 0 saturated heterocycles. The van der Waals surface area contributed by atoms with Gasteiger partial charge < -0.3 is 14.6 Å². The third-order valence-corrected chi connectivity index (χ3v) is 4.74. The van der Waals surface area contributed by atoms with Crippen molar-refractivity contribution in [1.82, 2.24) is 0 Å². The van der Waals surface area contributed by atoms with Gasteiger partial charge in [0.15, 0.2) is 11.5 Å². The molecule has 0 amide bonds. The quantitative estimate of drug-likeness (QED) is 0.920. The van der Waals surface area contributed by atoms with E-state index in [-0.39, 0.29) is 0 Å². The predicted octanol–water partition coefficient (Wildman–Crippen LogP) is 3.72. The summed E-state index contributed by atoms with van der Waals surface area (Å²) in [5.74, 6) is 1.32. The van der Waals surface area contributed by atoms with Crippen molar-refractivity contribution < 1.29 is 14.6 Å². The van der Waals surface area contributed by atoms with Crippen molar-refractivity contribution in [2.75, 3.05) is 14.2 Å². The summed E-state index contributed by atoms with van der Waals surface area (Å²) in [4.78, 5) is 0. The lowest BCUT2D eigenvalue weighted by atomic mass is 9.78. The fourth-order valence-corrected chi connectivity index (χ4v) is 3.49. The van der Waals surface area contributed by atoms with Gasteiger partial charge in [-0.15, -0.1) is 0 Å². The van der Waals surface area contributed by atoms with E-state index in [0.717, 1.165) is 6.42 Å². The zero-order valence-corrected chi connectivity index (χ0v) is 13.3. The summed E-state index contributed by atoms with van der Waals surface area (Å²) < 4.78 is 10.4. The highest BCUT2D eigenvalue weighted by molar-refractivity contribution is 6.33. The average molecular weight is 310 g/mol. The molecule has 0 heterocycles. The largest absolute Gasteiger partial charge is 0.493 e. The van der Waals surface area contributed by atoms with Crippen LogP contribution in [0.15, 0.2) is 12.1 Å². The van der Waals surface area contributed by atoms with Crippen LogP contribution in [-0.2, 0) is 0 Å².